The highest BCUT2D eigenvalue weighted by atomic mass is 32.2. The average Bonchev–Trinajstić information content (AvgIpc) is 3.16. The maximum absolute atomic E-state index is 11.9. The van der Waals surface area contributed by atoms with E-state index in [1.165, 1.54) is 18.4 Å². The van der Waals surface area contributed by atoms with Crippen LogP contribution in [-0.4, -0.2) is 43.6 Å². The fourth-order valence-electron chi connectivity index (χ4n) is 2.02. The molecule has 0 unspecified atom stereocenters. The van der Waals surface area contributed by atoms with Crippen LogP contribution in [0.5, 0.6) is 0 Å². The first-order valence-electron chi connectivity index (χ1n) is 6.62. The minimum absolute atomic E-state index is 0.0646. The van der Waals surface area contributed by atoms with Gasteiger partial charge >= 0.3 is 5.97 Å². The molecule has 0 aromatic heterocycles. The summed E-state index contributed by atoms with van der Waals surface area (Å²) in [5.74, 6) is 0.0135. The smallest absolute Gasteiger partial charge is 0.303 e. The molecule has 0 heterocycles. The Kier molecular flexibility index (Phi) is 4.65. The molecular weight excluding hydrogens is 310 g/mol. The number of nitrogens with zero attached hydrogens (tertiary/aromatic N) is 1. The van der Waals surface area contributed by atoms with Crippen LogP contribution in [0.1, 0.15) is 19.3 Å². The Bertz CT molecular complexity index is 619. The second-order valence-electron chi connectivity index (χ2n) is 5.62. The van der Waals surface area contributed by atoms with E-state index in [2.05, 4.69) is 0 Å². The molecule has 1 aliphatic carbocycles. The molecule has 0 aliphatic heterocycles. The number of carboxylic acids is 1. The Morgan fingerprint density at radius 1 is 1.29 bits per heavy atom. The third-order valence-electron chi connectivity index (χ3n) is 3.63. The number of carboxylic acid groups (broad SMARTS) is 1. The van der Waals surface area contributed by atoms with E-state index in [0.717, 1.165) is 23.5 Å². The molecule has 7 heteroatoms. The lowest BCUT2D eigenvalue weighted by molar-refractivity contribution is -0.138. The Labute approximate surface area is 129 Å². The SMILES string of the molecule is CN(C)S(=O)(=O)c1ccc(SCC2(CC(=O)O)CC2)cc1. The molecule has 0 spiro atoms. The lowest BCUT2D eigenvalue weighted by Crippen LogP contribution is -2.22. The number of rotatable bonds is 7. The van der Waals surface area contributed by atoms with Crippen LogP contribution >= 0.6 is 11.8 Å². The zero-order chi connectivity index (χ0) is 15.7. The molecule has 1 aromatic carbocycles. The van der Waals surface area contributed by atoms with E-state index in [0.29, 0.717) is 0 Å². The van der Waals surface area contributed by atoms with Crippen LogP contribution in [0, 0.1) is 5.41 Å². The highest BCUT2D eigenvalue weighted by Crippen LogP contribution is 2.51. The summed E-state index contributed by atoms with van der Waals surface area (Å²) in [5.41, 5.74) is -0.0646. The quantitative estimate of drug-likeness (QED) is 0.777. The van der Waals surface area contributed by atoms with Gasteiger partial charge < -0.3 is 5.11 Å². The normalized spacial score (nSPS) is 16.9. The van der Waals surface area contributed by atoms with E-state index < -0.39 is 16.0 Å². The first-order chi connectivity index (χ1) is 9.75. The van der Waals surface area contributed by atoms with E-state index in [1.807, 2.05) is 0 Å². The maximum Gasteiger partial charge on any atom is 0.303 e. The average molecular weight is 329 g/mol. The third-order valence-corrected chi connectivity index (χ3v) is 6.82. The maximum atomic E-state index is 11.9. The van der Waals surface area contributed by atoms with Crippen molar-refractivity contribution in [1.82, 2.24) is 4.31 Å². The fraction of sp³-hybridized carbons (Fsp3) is 0.500. The zero-order valence-corrected chi connectivity index (χ0v) is 13.7. The predicted molar refractivity (Wildman–Crippen MR) is 82.0 cm³/mol. The van der Waals surface area contributed by atoms with E-state index in [4.69, 9.17) is 5.11 Å². The van der Waals surface area contributed by atoms with Crippen LogP contribution in [0.3, 0.4) is 0 Å². The van der Waals surface area contributed by atoms with Crippen molar-refractivity contribution in [3.63, 3.8) is 0 Å². The highest BCUT2D eigenvalue weighted by molar-refractivity contribution is 7.99. The Balaban J connectivity index is 1.99. The molecule has 0 bridgehead atoms. The molecule has 116 valence electrons. The number of carbonyl (C=O) groups is 1. The summed E-state index contributed by atoms with van der Waals surface area (Å²) in [6.45, 7) is 0. The van der Waals surface area contributed by atoms with Crippen molar-refractivity contribution >= 4 is 27.8 Å². The van der Waals surface area contributed by atoms with Gasteiger partial charge in [0.1, 0.15) is 0 Å². The van der Waals surface area contributed by atoms with Crippen molar-refractivity contribution < 1.29 is 18.3 Å². The van der Waals surface area contributed by atoms with Crippen LogP contribution in [0.4, 0.5) is 0 Å². The summed E-state index contributed by atoms with van der Waals surface area (Å²) in [7, 11) is -0.393. The molecule has 21 heavy (non-hydrogen) atoms. The molecule has 0 radical (unpaired) electrons. The summed E-state index contributed by atoms with van der Waals surface area (Å²) in [4.78, 5) is 12.0. The Morgan fingerprint density at radius 3 is 2.29 bits per heavy atom. The lowest BCUT2D eigenvalue weighted by atomic mass is 10.1. The number of hydrogen-bond donors (Lipinski definition) is 1. The van der Waals surface area contributed by atoms with Crippen molar-refractivity contribution in [1.29, 1.82) is 0 Å². The topological polar surface area (TPSA) is 74.7 Å². The molecule has 1 aliphatic rings. The van der Waals surface area contributed by atoms with Crippen molar-refractivity contribution in [2.24, 2.45) is 5.41 Å². The van der Waals surface area contributed by atoms with Gasteiger partial charge in [-0.3, -0.25) is 4.79 Å². The standard InChI is InChI=1S/C14H19NO4S2/c1-15(2)21(18,19)12-5-3-11(4-6-12)20-10-14(7-8-14)9-13(16)17/h3-6H,7-10H2,1-2H3,(H,16,17). The third kappa shape index (κ3) is 3.99. The number of aliphatic carboxylic acids is 1. The monoisotopic (exact) mass is 329 g/mol. The van der Waals surface area contributed by atoms with Crippen molar-refractivity contribution in [2.75, 3.05) is 19.8 Å². The van der Waals surface area contributed by atoms with Crippen molar-refractivity contribution in [2.45, 2.75) is 29.1 Å². The second kappa shape index (κ2) is 5.98. The summed E-state index contributed by atoms with van der Waals surface area (Å²) < 4.78 is 25.1. The van der Waals surface area contributed by atoms with Gasteiger partial charge in [-0.2, -0.15) is 0 Å². The van der Waals surface area contributed by atoms with E-state index in [-0.39, 0.29) is 16.7 Å². The van der Waals surface area contributed by atoms with Gasteiger partial charge in [-0.25, -0.2) is 12.7 Å². The van der Waals surface area contributed by atoms with Crippen LogP contribution in [-0.2, 0) is 14.8 Å². The number of hydrogen-bond acceptors (Lipinski definition) is 4. The fourth-order valence-corrected chi connectivity index (χ4v) is 4.12. The first kappa shape index (κ1) is 16.3. The summed E-state index contributed by atoms with van der Waals surface area (Å²) in [5, 5.41) is 8.88. The van der Waals surface area contributed by atoms with E-state index in [9.17, 15) is 13.2 Å². The zero-order valence-electron chi connectivity index (χ0n) is 12.1. The van der Waals surface area contributed by atoms with Gasteiger partial charge in [-0.1, -0.05) is 0 Å². The Morgan fingerprint density at radius 2 is 1.86 bits per heavy atom. The van der Waals surface area contributed by atoms with Gasteiger partial charge in [0.15, 0.2) is 0 Å². The van der Waals surface area contributed by atoms with Crippen LogP contribution < -0.4 is 0 Å². The largest absolute Gasteiger partial charge is 0.481 e. The molecule has 0 atom stereocenters. The molecule has 1 saturated carbocycles. The first-order valence-corrected chi connectivity index (χ1v) is 9.05. The molecule has 1 N–H and O–H groups in total. The van der Waals surface area contributed by atoms with Crippen LogP contribution in [0.15, 0.2) is 34.1 Å². The minimum Gasteiger partial charge on any atom is -0.481 e. The molecule has 2 rings (SSSR count). The summed E-state index contributed by atoms with van der Waals surface area (Å²) in [6.07, 6.45) is 2.13. The summed E-state index contributed by atoms with van der Waals surface area (Å²) >= 11 is 1.59. The van der Waals surface area contributed by atoms with Crippen molar-refractivity contribution in [3.05, 3.63) is 24.3 Å². The van der Waals surface area contributed by atoms with E-state index in [1.54, 1.807) is 36.0 Å². The van der Waals surface area contributed by atoms with Crippen molar-refractivity contribution in [3.8, 4) is 0 Å². The van der Waals surface area contributed by atoms with Gasteiger partial charge in [0, 0.05) is 24.7 Å². The van der Waals surface area contributed by atoms with Crippen LogP contribution in [0.25, 0.3) is 0 Å². The van der Waals surface area contributed by atoms with Gasteiger partial charge in [0.25, 0.3) is 0 Å². The Hall–Kier alpha value is -1.05. The number of benzene rings is 1. The molecule has 5 nitrogen and oxygen atoms in total. The molecular formula is C14H19NO4S2. The van der Waals surface area contributed by atoms with Gasteiger partial charge in [-0.15, -0.1) is 11.8 Å². The number of thioether (sulfide) groups is 1. The molecule has 1 aromatic rings. The lowest BCUT2D eigenvalue weighted by Gasteiger charge is -2.13. The molecule has 0 amide bonds. The minimum atomic E-state index is -3.39. The molecule has 1 fully saturated rings. The van der Waals surface area contributed by atoms with E-state index >= 15 is 0 Å². The predicted octanol–water partition coefficient (Wildman–Crippen LogP) is 2.28. The highest BCUT2D eigenvalue weighted by Gasteiger charge is 2.44. The van der Waals surface area contributed by atoms with Gasteiger partial charge in [0.05, 0.1) is 11.3 Å². The second-order valence-corrected chi connectivity index (χ2v) is 8.82. The van der Waals surface area contributed by atoms with Crippen LogP contribution in [0.2, 0.25) is 0 Å². The number of sulfonamides is 1. The summed E-state index contributed by atoms with van der Waals surface area (Å²) in [6, 6.07) is 6.73. The molecule has 0 saturated heterocycles. The van der Waals surface area contributed by atoms with Gasteiger partial charge in [0.2, 0.25) is 10.0 Å². The van der Waals surface area contributed by atoms with Gasteiger partial charge in [-0.05, 0) is 42.5 Å².